The van der Waals surface area contributed by atoms with Crippen LogP contribution in [-0.4, -0.2) is 60.7 Å². The van der Waals surface area contributed by atoms with Crippen LogP contribution in [0.15, 0.2) is 102 Å². The number of aryl methyl sites for hydroxylation is 4. The Morgan fingerprint density at radius 2 is 0.803 bits per heavy atom. The van der Waals surface area contributed by atoms with Crippen LogP contribution in [0.5, 0.6) is 0 Å². The molecular weight excluding hydrogens is 1060 g/mol. The monoisotopic (exact) mass is 1090 g/mol. The van der Waals surface area contributed by atoms with Gasteiger partial charge in [-0.1, -0.05) is 12.1 Å². The van der Waals surface area contributed by atoms with Crippen molar-refractivity contribution in [3.8, 4) is 34.2 Å². The van der Waals surface area contributed by atoms with Crippen molar-refractivity contribution >= 4 is 83.6 Å². The van der Waals surface area contributed by atoms with Gasteiger partial charge in [-0.05, 0) is 116 Å². The zero-order valence-electron chi connectivity index (χ0n) is 36.9. The Kier molecular flexibility index (Phi) is 16.4. The fourth-order valence-electron chi connectivity index (χ4n) is 6.10. The standard InChI is InChI=1S/C16H12F2N4OS.C15H9BrF2N4OS.C15H10F2N4OS/c1-8-5-6-11(17)12(13(8)18)14-20-16(24-22-14)21-15(23)10-4-3-7-19-9(10)2;1-7-8(3-2-6-19-7)14(23)21-15-20-13(22-24-15)11-10(17)5-4-9(16)12(11)18;1-8-9(4-3-7-18-8)14(22)20-15-19-13(21-23-15)12-10(16)5-2-6-11(12)17/h3-7H,1-2H3,(H,20,21,22,23);2-6H,1H3,(H,20,21,22,23);2-7H,1H3,(H,19,20,21,22). The summed E-state index contributed by atoms with van der Waals surface area (Å²) in [5, 5.41) is 8.10. The summed E-state index contributed by atoms with van der Waals surface area (Å²) < 4.78 is 95.3. The molecule has 360 valence electrons. The number of anilines is 3. The average Bonchev–Trinajstić information content (AvgIpc) is 4.12. The fourth-order valence-corrected chi connectivity index (χ4v) is 8.14. The molecule has 6 heterocycles. The summed E-state index contributed by atoms with van der Waals surface area (Å²) in [5.41, 5.74) is 2.18. The Labute approximate surface area is 419 Å². The molecule has 6 aromatic heterocycles. The molecule has 0 radical (unpaired) electrons. The van der Waals surface area contributed by atoms with Crippen LogP contribution >= 0.6 is 50.5 Å². The van der Waals surface area contributed by atoms with Gasteiger partial charge >= 0.3 is 0 Å². The maximum Gasteiger partial charge on any atom is 0.259 e. The molecule has 9 aromatic rings. The SMILES string of the molecule is Cc1ccc(F)c(-c2nsc(NC(=O)c3cccnc3C)n2)c1F.Cc1ncccc1C(=O)Nc1nc(-c2c(F)ccc(Br)c2F)ns1.Cc1ncccc1C(=O)Nc1nc(-c2c(F)cccc2F)ns1. The second kappa shape index (κ2) is 22.8. The lowest BCUT2D eigenvalue weighted by Crippen LogP contribution is -2.13. The molecule has 3 N–H and O–H groups in total. The highest BCUT2D eigenvalue weighted by atomic mass is 79.9. The van der Waals surface area contributed by atoms with Gasteiger partial charge in [0, 0.05) is 70.3 Å². The van der Waals surface area contributed by atoms with Crippen molar-refractivity contribution in [2.75, 3.05) is 16.0 Å². The minimum atomic E-state index is -0.797. The number of hydrogen-bond donors (Lipinski definition) is 3. The van der Waals surface area contributed by atoms with E-state index >= 15 is 0 Å². The van der Waals surface area contributed by atoms with Crippen LogP contribution in [0.4, 0.5) is 41.7 Å². The molecule has 9 rings (SSSR count). The number of carbonyl (C=O) groups excluding carboxylic acids is 3. The quantitative estimate of drug-likeness (QED) is 0.0913. The molecule has 0 aliphatic rings. The molecule has 0 spiro atoms. The topological polar surface area (TPSA) is 203 Å². The van der Waals surface area contributed by atoms with Gasteiger partial charge in [0.05, 0.1) is 37.9 Å². The number of hydrogen-bond acceptors (Lipinski definition) is 15. The fraction of sp³-hybridized carbons (Fsp3) is 0.0870. The molecule has 3 aromatic carbocycles. The normalized spacial score (nSPS) is 10.6. The molecule has 71 heavy (non-hydrogen) atoms. The number of aromatic nitrogens is 9. The molecule has 0 bridgehead atoms. The van der Waals surface area contributed by atoms with Crippen molar-refractivity contribution in [2.45, 2.75) is 27.7 Å². The predicted molar refractivity (Wildman–Crippen MR) is 259 cm³/mol. The van der Waals surface area contributed by atoms with Gasteiger partial charge in [0.1, 0.15) is 29.1 Å². The summed E-state index contributed by atoms with van der Waals surface area (Å²) in [6.07, 6.45) is 4.74. The molecule has 0 saturated heterocycles. The van der Waals surface area contributed by atoms with E-state index in [9.17, 15) is 40.7 Å². The smallest absolute Gasteiger partial charge is 0.259 e. The zero-order valence-corrected chi connectivity index (χ0v) is 40.9. The maximum absolute atomic E-state index is 14.1. The Balaban J connectivity index is 0.000000157. The lowest BCUT2D eigenvalue weighted by molar-refractivity contribution is 0.101. The molecule has 0 saturated carbocycles. The highest BCUT2D eigenvalue weighted by Gasteiger charge is 2.23. The van der Waals surface area contributed by atoms with Crippen LogP contribution in [0.2, 0.25) is 0 Å². The van der Waals surface area contributed by atoms with E-state index in [0.29, 0.717) is 33.8 Å². The van der Waals surface area contributed by atoms with E-state index in [4.69, 9.17) is 0 Å². The maximum atomic E-state index is 14.1. The van der Waals surface area contributed by atoms with E-state index in [2.05, 4.69) is 74.9 Å². The molecule has 0 aliphatic heterocycles. The third-order valence-corrected chi connectivity index (χ3v) is 12.2. The van der Waals surface area contributed by atoms with E-state index in [-0.39, 0.29) is 59.6 Å². The van der Waals surface area contributed by atoms with Crippen LogP contribution < -0.4 is 16.0 Å². The number of nitrogens with zero attached hydrogens (tertiary/aromatic N) is 9. The van der Waals surface area contributed by atoms with Gasteiger partial charge in [-0.2, -0.15) is 28.1 Å². The average molecular weight is 1090 g/mol. The summed E-state index contributed by atoms with van der Waals surface area (Å²) >= 11 is 5.52. The largest absolute Gasteiger partial charge is 0.297 e. The van der Waals surface area contributed by atoms with Crippen molar-refractivity contribution in [2.24, 2.45) is 0 Å². The lowest BCUT2D eigenvalue weighted by Gasteiger charge is -2.04. The Hall–Kier alpha value is -7.74. The van der Waals surface area contributed by atoms with Gasteiger partial charge in [0.15, 0.2) is 23.3 Å². The van der Waals surface area contributed by atoms with Gasteiger partial charge in [-0.25, -0.2) is 26.3 Å². The molecule has 0 aliphatic carbocycles. The van der Waals surface area contributed by atoms with Crippen LogP contribution in [0, 0.1) is 62.6 Å². The number of amides is 3. The molecule has 25 heteroatoms. The highest BCUT2D eigenvalue weighted by molar-refractivity contribution is 9.10. The van der Waals surface area contributed by atoms with Crippen molar-refractivity contribution in [3.63, 3.8) is 0 Å². The molecule has 15 nitrogen and oxygen atoms in total. The number of benzene rings is 3. The summed E-state index contributed by atoms with van der Waals surface area (Å²) in [6, 6.07) is 18.2. The van der Waals surface area contributed by atoms with Crippen LogP contribution in [0.25, 0.3) is 34.2 Å². The van der Waals surface area contributed by atoms with Gasteiger partial charge < -0.3 is 0 Å². The zero-order chi connectivity index (χ0) is 50.9. The number of rotatable bonds is 9. The first-order valence-electron chi connectivity index (χ1n) is 20.2. The first-order chi connectivity index (χ1) is 34.0. The van der Waals surface area contributed by atoms with Gasteiger partial charge in [-0.15, -0.1) is 0 Å². The summed E-state index contributed by atoms with van der Waals surface area (Å²) in [4.78, 5) is 60.6. The minimum absolute atomic E-state index is 0.100. The van der Waals surface area contributed by atoms with Crippen molar-refractivity contribution in [3.05, 3.63) is 176 Å². The van der Waals surface area contributed by atoms with Crippen LogP contribution in [-0.2, 0) is 0 Å². The van der Waals surface area contributed by atoms with E-state index in [1.807, 2.05) is 0 Å². The van der Waals surface area contributed by atoms with Crippen LogP contribution in [0.3, 0.4) is 0 Å². The van der Waals surface area contributed by atoms with Gasteiger partial charge in [-0.3, -0.25) is 45.3 Å². The Bertz CT molecular complexity index is 3280. The number of nitrogens with one attached hydrogen (secondary N) is 3. The Morgan fingerprint density at radius 1 is 0.451 bits per heavy atom. The highest BCUT2D eigenvalue weighted by Crippen LogP contribution is 2.32. The summed E-state index contributed by atoms with van der Waals surface area (Å²) in [7, 11) is 0. The second-order valence-corrected chi connectivity index (χ2v) is 17.5. The van der Waals surface area contributed by atoms with Crippen molar-refractivity contribution < 1.29 is 40.7 Å². The Morgan fingerprint density at radius 3 is 1.20 bits per heavy atom. The van der Waals surface area contributed by atoms with Crippen LogP contribution in [0.1, 0.15) is 53.7 Å². The lowest BCUT2D eigenvalue weighted by atomic mass is 10.1. The number of carbonyl (C=O) groups is 3. The summed E-state index contributed by atoms with van der Waals surface area (Å²) in [5.74, 6) is -6.14. The molecule has 0 unspecified atom stereocenters. The van der Waals surface area contributed by atoms with E-state index in [1.54, 1.807) is 75.8 Å². The number of halogens is 7. The molecule has 3 amide bonds. The molecule has 0 fully saturated rings. The van der Waals surface area contributed by atoms with Crippen molar-refractivity contribution in [1.29, 1.82) is 0 Å². The first-order valence-corrected chi connectivity index (χ1v) is 23.3. The third kappa shape index (κ3) is 12.2. The van der Waals surface area contributed by atoms with Gasteiger partial charge in [0.2, 0.25) is 15.4 Å². The van der Waals surface area contributed by atoms with E-state index in [0.717, 1.165) is 58.9 Å². The first kappa shape index (κ1) is 51.1. The third-order valence-electron chi connectivity index (χ3n) is 9.66. The molecule has 0 atom stereocenters. The summed E-state index contributed by atoms with van der Waals surface area (Å²) in [6.45, 7) is 6.64. The van der Waals surface area contributed by atoms with E-state index in [1.165, 1.54) is 25.1 Å². The number of pyridine rings is 3. The molecular formula is C46H31BrF6N12O3S3. The van der Waals surface area contributed by atoms with Crippen molar-refractivity contribution in [1.82, 2.24) is 43.0 Å². The second-order valence-electron chi connectivity index (χ2n) is 14.4. The van der Waals surface area contributed by atoms with Gasteiger partial charge in [0.25, 0.3) is 17.7 Å². The van der Waals surface area contributed by atoms with E-state index < -0.39 is 52.6 Å². The predicted octanol–water partition coefficient (Wildman–Crippen LogP) is 11.4. The minimum Gasteiger partial charge on any atom is -0.297 e.